The summed E-state index contributed by atoms with van der Waals surface area (Å²) >= 11 is 0. The fraction of sp³-hybridized carbons (Fsp3) is 0.350. The largest absolute Gasteiger partial charge is 0.463 e. The SMILES string of the molecule is C=CC(=O)OCCCCOC(=O)/C=C/c1ccc(C(=O)O[C@@H]2COC3C2OC[C@H]3OC(=O)c2ccc(/C=C/C(=O)OOC(=O)C=C)cc2)cc1.CCCC. The summed E-state index contributed by atoms with van der Waals surface area (Å²) in [6.45, 7) is 11.3. The van der Waals surface area contributed by atoms with Gasteiger partial charge in [0.2, 0.25) is 0 Å². The van der Waals surface area contributed by atoms with Gasteiger partial charge >= 0.3 is 35.8 Å². The van der Waals surface area contributed by atoms with Crippen LogP contribution in [0.15, 0.2) is 86.0 Å². The second kappa shape index (κ2) is 22.9. The summed E-state index contributed by atoms with van der Waals surface area (Å²) in [7, 11) is 0. The van der Waals surface area contributed by atoms with E-state index in [1.54, 1.807) is 42.5 Å². The number of rotatable bonds is 16. The number of hydrogen-bond acceptors (Lipinski definition) is 14. The average molecular weight is 749 g/mol. The Balaban J connectivity index is 0.00000186. The van der Waals surface area contributed by atoms with Crippen molar-refractivity contribution < 1.29 is 67.0 Å². The highest BCUT2D eigenvalue weighted by Crippen LogP contribution is 2.31. The van der Waals surface area contributed by atoms with Crippen LogP contribution < -0.4 is 0 Å². The first-order valence-electron chi connectivity index (χ1n) is 17.3. The van der Waals surface area contributed by atoms with Crippen molar-refractivity contribution in [3.63, 3.8) is 0 Å². The van der Waals surface area contributed by atoms with Crippen LogP contribution in [0.5, 0.6) is 0 Å². The number of carbonyl (C=O) groups is 6. The lowest BCUT2D eigenvalue weighted by Gasteiger charge is -2.17. The van der Waals surface area contributed by atoms with Crippen LogP contribution in [0.3, 0.4) is 0 Å². The monoisotopic (exact) mass is 748 g/mol. The number of esters is 4. The summed E-state index contributed by atoms with van der Waals surface area (Å²) < 4.78 is 32.8. The van der Waals surface area contributed by atoms with E-state index in [0.29, 0.717) is 24.0 Å². The quantitative estimate of drug-likeness (QED) is 0.0539. The molecule has 288 valence electrons. The molecule has 54 heavy (non-hydrogen) atoms. The Morgan fingerprint density at radius 2 is 1.02 bits per heavy atom. The highest BCUT2D eigenvalue weighted by atomic mass is 17.2. The fourth-order valence-electron chi connectivity index (χ4n) is 4.63. The molecule has 0 aliphatic carbocycles. The second-order valence-corrected chi connectivity index (χ2v) is 11.6. The first kappa shape index (κ1) is 42.6. The van der Waals surface area contributed by atoms with Crippen LogP contribution in [0.4, 0.5) is 0 Å². The van der Waals surface area contributed by atoms with Crippen molar-refractivity contribution in [3.05, 3.63) is 108 Å². The van der Waals surface area contributed by atoms with E-state index in [4.69, 9.17) is 28.4 Å². The zero-order valence-corrected chi connectivity index (χ0v) is 30.2. The molecule has 2 saturated heterocycles. The van der Waals surface area contributed by atoms with Crippen LogP contribution in [0.1, 0.15) is 71.4 Å². The van der Waals surface area contributed by atoms with E-state index in [9.17, 15) is 28.8 Å². The Morgan fingerprint density at radius 3 is 1.44 bits per heavy atom. The average Bonchev–Trinajstić information content (AvgIpc) is 3.79. The minimum absolute atomic E-state index is 0.0447. The minimum Gasteiger partial charge on any atom is -0.463 e. The molecule has 14 heteroatoms. The molecule has 2 aromatic carbocycles. The molecule has 0 spiro atoms. The third kappa shape index (κ3) is 14.3. The van der Waals surface area contributed by atoms with Crippen LogP contribution in [0.25, 0.3) is 12.2 Å². The van der Waals surface area contributed by atoms with Gasteiger partial charge in [0.05, 0.1) is 37.6 Å². The number of fused-ring (bicyclic) bond motifs is 1. The summed E-state index contributed by atoms with van der Waals surface area (Å²) in [4.78, 5) is 79.6. The molecule has 0 N–H and O–H groups in total. The molecular weight excluding hydrogens is 704 g/mol. The van der Waals surface area contributed by atoms with Gasteiger partial charge in [0.1, 0.15) is 12.2 Å². The van der Waals surface area contributed by atoms with E-state index < -0.39 is 60.2 Å². The van der Waals surface area contributed by atoms with Crippen molar-refractivity contribution >= 4 is 48.0 Å². The topological polar surface area (TPSA) is 176 Å². The second-order valence-electron chi connectivity index (χ2n) is 11.6. The van der Waals surface area contributed by atoms with Crippen LogP contribution in [-0.4, -0.2) is 86.7 Å². The standard InChI is InChI=1S/C36H34O14.C4H10/c1-3-29(37)43-19-5-6-20-44-31(39)17-11-23-7-13-25(14-8-23)35(41)47-27-21-45-34-28(22-46-33(27)34)48-36(42)26-15-9-24(10-16-26)12-18-32(40)50-49-30(38)4-2;1-3-4-2/h3-4,7-18,27-28,33-34H,1-2,5-6,19-22H2;3-4H2,1-2H3/b17-11+,18-12+;/t27-,28-,33?,34?;/m1./s1. The Hall–Kier alpha value is -5.86. The van der Waals surface area contributed by atoms with E-state index in [2.05, 4.69) is 36.8 Å². The molecule has 14 nitrogen and oxygen atoms in total. The molecule has 2 aliphatic rings. The van der Waals surface area contributed by atoms with Gasteiger partial charge in [0.15, 0.2) is 12.2 Å². The van der Waals surface area contributed by atoms with Crippen LogP contribution in [0, 0.1) is 0 Å². The van der Waals surface area contributed by atoms with Gasteiger partial charge in [-0.2, -0.15) is 0 Å². The molecule has 0 amide bonds. The third-order valence-electron chi connectivity index (χ3n) is 7.66. The smallest absolute Gasteiger partial charge is 0.379 e. The van der Waals surface area contributed by atoms with Crippen LogP contribution in [0.2, 0.25) is 0 Å². The van der Waals surface area contributed by atoms with E-state index in [0.717, 1.165) is 18.2 Å². The molecule has 0 bridgehead atoms. The fourth-order valence-corrected chi connectivity index (χ4v) is 4.63. The van der Waals surface area contributed by atoms with Crippen molar-refractivity contribution in [3.8, 4) is 0 Å². The maximum atomic E-state index is 12.8. The summed E-state index contributed by atoms with van der Waals surface area (Å²) in [6.07, 6.45) is 8.15. The van der Waals surface area contributed by atoms with E-state index in [1.807, 2.05) is 0 Å². The van der Waals surface area contributed by atoms with Gasteiger partial charge < -0.3 is 28.4 Å². The molecule has 2 unspecified atom stereocenters. The Morgan fingerprint density at radius 1 is 0.611 bits per heavy atom. The van der Waals surface area contributed by atoms with Gasteiger partial charge in [-0.15, -0.1) is 0 Å². The minimum atomic E-state index is -0.918. The summed E-state index contributed by atoms with van der Waals surface area (Å²) in [5.41, 5.74) is 1.73. The van der Waals surface area contributed by atoms with Crippen molar-refractivity contribution in [1.82, 2.24) is 0 Å². The van der Waals surface area contributed by atoms with Crippen LogP contribution in [-0.2, 0) is 57.4 Å². The lowest BCUT2D eigenvalue weighted by molar-refractivity contribution is -0.250. The highest BCUT2D eigenvalue weighted by molar-refractivity contribution is 5.92. The molecule has 2 aromatic rings. The van der Waals surface area contributed by atoms with Crippen LogP contribution >= 0.6 is 0 Å². The van der Waals surface area contributed by atoms with E-state index >= 15 is 0 Å². The molecule has 2 fully saturated rings. The summed E-state index contributed by atoms with van der Waals surface area (Å²) in [6, 6.07) is 12.5. The molecule has 2 heterocycles. The number of hydrogen-bond donors (Lipinski definition) is 0. The number of carbonyl (C=O) groups excluding carboxylic acids is 6. The zero-order valence-electron chi connectivity index (χ0n) is 30.2. The van der Waals surface area contributed by atoms with Gasteiger partial charge in [-0.3, -0.25) is 0 Å². The predicted octanol–water partition coefficient (Wildman–Crippen LogP) is 5.31. The first-order valence-corrected chi connectivity index (χ1v) is 17.3. The van der Waals surface area contributed by atoms with Gasteiger partial charge in [0.25, 0.3) is 0 Å². The van der Waals surface area contributed by atoms with Gasteiger partial charge in [-0.25, -0.2) is 38.5 Å². The summed E-state index contributed by atoms with van der Waals surface area (Å²) in [5, 5.41) is 0. The van der Waals surface area contributed by atoms with Crippen molar-refractivity contribution in [2.24, 2.45) is 0 Å². The number of ether oxygens (including phenoxy) is 6. The van der Waals surface area contributed by atoms with Gasteiger partial charge in [0, 0.05) is 24.3 Å². The molecule has 2 aliphatic heterocycles. The van der Waals surface area contributed by atoms with E-state index in [-0.39, 0.29) is 37.6 Å². The number of unbranched alkanes of at least 4 members (excludes halogenated alkanes) is 2. The summed E-state index contributed by atoms with van der Waals surface area (Å²) in [5.74, 6) is -4.10. The zero-order chi connectivity index (χ0) is 39.3. The molecule has 0 radical (unpaired) electrons. The Kier molecular flexibility index (Phi) is 18.1. The highest BCUT2D eigenvalue weighted by Gasteiger charge is 2.51. The lowest BCUT2D eigenvalue weighted by Crippen LogP contribution is -2.36. The van der Waals surface area contributed by atoms with Gasteiger partial charge in [-0.05, 0) is 60.4 Å². The van der Waals surface area contributed by atoms with Crippen molar-refractivity contribution in [2.75, 3.05) is 26.4 Å². The van der Waals surface area contributed by atoms with E-state index in [1.165, 1.54) is 37.1 Å². The first-order chi connectivity index (χ1) is 26.1. The Labute approximate surface area is 313 Å². The molecule has 4 atom stereocenters. The van der Waals surface area contributed by atoms with Crippen molar-refractivity contribution in [1.29, 1.82) is 0 Å². The molecule has 0 aromatic heterocycles. The third-order valence-corrected chi connectivity index (χ3v) is 7.66. The van der Waals surface area contributed by atoms with Gasteiger partial charge in [-0.1, -0.05) is 64.1 Å². The molecule has 0 saturated carbocycles. The maximum Gasteiger partial charge on any atom is 0.379 e. The molecular formula is C40H44O14. The molecule has 4 rings (SSSR count). The number of benzene rings is 2. The van der Waals surface area contributed by atoms with Crippen molar-refractivity contribution in [2.45, 2.75) is 63.9 Å². The Bertz CT molecular complexity index is 1660. The predicted molar refractivity (Wildman–Crippen MR) is 193 cm³/mol. The lowest BCUT2D eigenvalue weighted by atomic mass is 10.1. The maximum absolute atomic E-state index is 12.8. The normalized spacial score (nSPS) is 18.4.